The maximum atomic E-state index is 13.2. The van der Waals surface area contributed by atoms with E-state index in [9.17, 15) is 18.8 Å². The van der Waals surface area contributed by atoms with Gasteiger partial charge in [0.2, 0.25) is 0 Å². The summed E-state index contributed by atoms with van der Waals surface area (Å²) in [4.78, 5) is 40.7. The van der Waals surface area contributed by atoms with Crippen molar-refractivity contribution < 1.29 is 9.18 Å². The molecule has 3 aromatic rings. The first kappa shape index (κ1) is 20.2. The largest absolute Gasteiger partial charge is 0.328 e. The molecule has 1 aliphatic heterocycles. The van der Waals surface area contributed by atoms with Gasteiger partial charge in [-0.2, -0.15) is 0 Å². The average molecular weight is 409 g/mol. The van der Waals surface area contributed by atoms with Gasteiger partial charge in [0.1, 0.15) is 5.82 Å². The molecule has 0 bridgehead atoms. The minimum Gasteiger partial charge on any atom is -0.314 e. The van der Waals surface area contributed by atoms with E-state index in [0.717, 1.165) is 19.4 Å². The third-order valence-corrected chi connectivity index (χ3v) is 5.82. The molecule has 1 aliphatic rings. The summed E-state index contributed by atoms with van der Waals surface area (Å²) in [6.45, 7) is 1.05. The summed E-state index contributed by atoms with van der Waals surface area (Å²) in [5.41, 5.74) is 0.318. The second-order valence-corrected chi connectivity index (χ2v) is 7.82. The third-order valence-electron chi connectivity index (χ3n) is 5.82. The molecule has 2 aromatic carbocycles. The number of nitrogens with one attached hydrogen (secondary N) is 2. The predicted octanol–water partition coefficient (Wildman–Crippen LogP) is 2.86. The summed E-state index contributed by atoms with van der Waals surface area (Å²) in [7, 11) is 0. The Hall–Kier alpha value is -3.06. The van der Waals surface area contributed by atoms with Crippen molar-refractivity contribution in [1.82, 2.24) is 14.9 Å². The van der Waals surface area contributed by atoms with Crippen molar-refractivity contribution in [3.05, 3.63) is 80.7 Å². The van der Waals surface area contributed by atoms with Gasteiger partial charge in [0.05, 0.1) is 10.9 Å². The molecule has 0 saturated carbocycles. The number of benzene rings is 2. The Morgan fingerprint density at radius 2 is 1.87 bits per heavy atom. The molecular weight excluding hydrogens is 385 g/mol. The number of aromatic nitrogens is 2. The van der Waals surface area contributed by atoms with Crippen molar-refractivity contribution in [2.24, 2.45) is 5.92 Å². The van der Waals surface area contributed by atoms with Crippen molar-refractivity contribution in [3.63, 3.8) is 0 Å². The Kier molecular flexibility index (Phi) is 5.90. The minimum absolute atomic E-state index is 0.0136. The van der Waals surface area contributed by atoms with Crippen molar-refractivity contribution in [1.29, 1.82) is 0 Å². The van der Waals surface area contributed by atoms with E-state index in [1.807, 2.05) is 0 Å². The Bertz CT molecular complexity index is 1170. The summed E-state index contributed by atoms with van der Waals surface area (Å²) in [6, 6.07) is 12.6. The number of hydrogen-bond donors (Lipinski definition) is 2. The van der Waals surface area contributed by atoms with Crippen molar-refractivity contribution >= 4 is 16.7 Å². The van der Waals surface area contributed by atoms with Crippen LogP contribution >= 0.6 is 0 Å². The quantitative estimate of drug-likeness (QED) is 0.635. The van der Waals surface area contributed by atoms with Crippen LogP contribution in [0.3, 0.4) is 0 Å². The fourth-order valence-electron chi connectivity index (χ4n) is 4.19. The molecule has 156 valence electrons. The van der Waals surface area contributed by atoms with Gasteiger partial charge < -0.3 is 10.3 Å². The Labute approximate surface area is 172 Å². The third kappa shape index (κ3) is 4.26. The van der Waals surface area contributed by atoms with Crippen molar-refractivity contribution in [2.75, 3.05) is 6.54 Å². The second-order valence-electron chi connectivity index (χ2n) is 7.82. The van der Waals surface area contributed by atoms with E-state index in [4.69, 9.17) is 0 Å². The first-order valence-corrected chi connectivity index (χ1v) is 10.3. The Balaban J connectivity index is 1.49. The predicted molar refractivity (Wildman–Crippen MR) is 113 cm³/mol. The Morgan fingerprint density at radius 3 is 2.67 bits per heavy atom. The Morgan fingerprint density at radius 1 is 1.10 bits per heavy atom. The number of H-pyrrole nitrogens is 1. The van der Waals surface area contributed by atoms with E-state index < -0.39 is 5.69 Å². The number of Topliss-reactive ketones (excluding diaryl/α,β-unsaturated/α-hetero) is 1. The number of fused-ring (bicyclic) bond motifs is 1. The van der Waals surface area contributed by atoms with Crippen LogP contribution in [0.5, 0.6) is 0 Å². The van der Waals surface area contributed by atoms with Crippen molar-refractivity contribution in [3.8, 4) is 0 Å². The molecule has 1 saturated heterocycles. The molecule has 1 fully saturated rings. The summed E-state index contributed by atoms with van der Waals surface area (Å²) < 4.78 is 14.4. The smallest absolute Gasteiger partial charge is 0.314 e. The van der Waals surface area contributed by atoms with Crippen LogP contribution in [0, 0.1) is 11.7 Å². The number of carbonyl (C=O) groups excluding carboxylic acids is 1. The number of carbonyl (C=O) groups is 1. The van der Waals surface area contributed by atoms with E-state index in [-0.39, 0.29) is 35.7 Å². The fraction of sp³-hybridized carbons (Fsp3) is 0.348. The van der Waals surface area contributed by atoms with Crippen LogP contribution in [0.2, 0.25) is 0 Å². The van der Waals surface area contributed by atoms with Gasteiger partial charge in [0.25, 0.3) is 5.56 Å². The number of para-hydroxylation sites is 1. The van der Waals surface area contributed by atoms with Crippen LogP contribution in [0.15, 0.2) is 58.1 Å². The number of nitrogens with zero attached hydrogens (tertiary/aromatic N) is 1. The van der Waals surface area contributed by atoms with Gasteiger partial charge in [-0.1, -0.05) is 12.1 Å². The van der Waals surface area contributed by atoms with Gasteiger partial charge in [0.15, 0.2) is 5.78 Å². The van der Waals surface area contributed by atoms with Crippen LogP contribution in [-0.2, 0) is 6.54 Å². The van der Waals surface area contributed by atoms with Gasteiger partial charge >= 0.3 is 5.69 Å². The lowest BCUT2D eigenvalue weighted by Gasteiger charge is -2.20. The molecule has 0 spiro atoms. The summed E-state index contributed by atoms with van der Waals surface area (Å²) >= 11 is 0. The number of hydrogen-bond acceptors (Lipinski definition) is 4. The summed E-state index contributed by atoms with van der Waals surface area (Å²) in [5.74, 6) is -0.510. The molecule has 2 atom stereocenters. The fourth-order valence-corrected chi connectivity index (χ4v) is 4.19. The van der Waals surface area contributed by atoms with Gasteiger partial charge in [-0.15, -0.1) is 0 Å². The molecule has 2 unspecified atom stereocenters. The lowest BCUT2D eigenvalue weighted by Crippen LogP contribution is -2.38. The number of halogens is 1. The number of rotatable bonds is 5. The number of aromatic amines is 1. The van der Waals surface area contributed by atoms with Crippen LogP contribution in [0.25, 0.3) is 10.9 Å². The van der Waals surface area contributed by atoms with Crippen LogP contribution in [0.1, 0.15) is 36.0 Å². The van der Waals surface area contributed by atoms with Crippen LogP contribution < -0.4 is 16.6 Å². The minimum atomic E-state index is -0.425. The SMILES string of the molecule is O=C(c1ccc(F)cc1)C1CCCNC(CCn2c(=O)[nH]c3ccccc3c2=O)C1. The van der Waals surface area contributed by atoms with Crippen LogP contribution in [-0.4, -0.2) is 27.9 Å². The molecule has 1 aromatic heterocycles. The number of ketones is 1. The van der Waals surface area contributed by atoms with E-state index in [1.54, 1.807) is 24.3 Å². The molecule has 0 radical (unpaired) electrons. The average Bonchev–Trinajstić information content (AvgIpc) is 2.99. The topological polar surface area (TPSA) is 84.0 Å². The molecule has 2 N–H and O–H groups in total. The summed E-state index contributed by atoms with van der Waals surface area (Å²) in [5, 5.41) is 3.92. The second kappa shape index (κ2) is 8.75. The molecule has 0 amide bonds. The lowest BCUT2D eigenvalue weighted by atomic mass is 9.88. The van der Waals surface area contributed by atoms with Gasteiger partial charge in [-0.3, -0.25) is 14.2 Å². The van der Waals surface area contributed by atoms with E-state index in [0.29, 0.717) is 29.3 Å². The monoisotopic (exact) mass is 409 g/mol. The normalized spacial score (nSPS) is 19.5. The molecule has 7 heteroatoms. The van der Waals surface area contributed by atoms with Crippen LogP contribution in [0.4, 0.5) is 4.39 Å². The highest BCUT2D eigenvalue weighted by Gasteiger charge is 2.26. The van der Waals surface area contributed by atoms with Gasteiger partial charge in [-0.25, -0.2) is 9.18 Å². The highest BCUT2D eigenvalue weighted by Crippen LogP contribution is 2.23. The molecule has 0 aliphatic carbocycles. The van der Waals surface area contributed by atoms with Gasteiger partial charge in [0, 0.05) is 24.1 Å². The maximum Gasteiger partial charge on any atom is 0.328 e. The summed E-state index contributed by atoms with van der Waals surface area (Å²) in [6.07, 6.45) is 2.81. The molecule has 2 heterocycles. The van der Waals surface area contributed by atoms with Gasteiger partial charge in [-0.05, 0) is 68.6 Å². The highest BCUT2D eigenvalue weighted by molar-refractivity contribution is 5.97. The zero-order valence-electron chi connectivity index (χ0n) is 16.6. The maximum absolute atomic E-state index is 13.2. The lowest BCUT2D eigenvalue weighted by molar-refractivity contribution is 0.0902. The van der Waals surface area contributed by atoms with Crippen molar-refractivity contribution in [2.45, 2.75) is 38.3 Å². The standard InChI is InChI=1S/C23H24FN3O3/c24-17-9-7-15(8-10-17)21(28)16-4-3-12-25-18(14-16)11-13-27-22(29)19-5-1-2-6-20(19)26-23(27)30/h1-2,5-10,16,18,25H,3-4,11-14H2,(H,26,30). The first-order chi connectivity index (χ1) is 14.5. The molecule has 4 rings (SSSR count). The zero-order valence-corrected chi connectivity index (χ0v) is 16.6. The van der Waals surface area contributed by atoms with E-state index in [1.165, 1.54) is 28.8 Å². The first-order valence-electron chi connectivity index (χ1n) is 10.3. The zero-order chi connectivity index (χ0) is 21.1. The molecule has 30 heavy (non-hydrogen) atoms. The highest BCUT2D eigenvalue weighted by atomic mass is 19.1. The van der Waals surface area contributed by atoms with E-state index in [2.05, 4.69) is 10.3 Å². The molecular formula is C23H24FN3O3. The van der Waals surface area contributed by atoms with E-state index >= 15 is 0 Å². The molecule has 6 nitrogen and oxygen atoms in total.